The van der Waals surface area contributed by atoms with Gasteiger partial charge in [0.25, 0.3) is 0 Å². The van der Waals surface area contributed by atoms with Gasteiger partial charge in [-0.1, -0.05) is 110 Å². The number of hydrogen-bond acceptors (Lipinski definition) is 5. The average Bonchev–Trinajstić information content (AvgIpc) is 3.17. The van der Waals surface area contributed by atoms with Crippen LogP contribution in [-0.4, -0.2) is 70.8 Å². The maximum Gasteiger partial charge on any atom is 0.246 e. The number of aromatic nitrogens is 1. The molecule has 0 saturated heterocycles. The van der Waals surface area contributed by atoms with Gasteiger partial charge >= 0.3 is 0 Å². The molecule has 0 spiro atoms. The molecule has 0 aliphatic rings. The van der Waals surface area contributed by atoms with Gasteiger partial charge in [0.2, 0.25) is 17.7 Å². The lowest BCUT2D eigenvalue weighted by atomic mass is 9.90. The Morgan fingerprint density at radius 2 is 1.41 bits per heavy atom. The molecule has 3 amide bonds. The van der Waals surface area contributed by atoms with Crippen molar-refractivity contribution in [2.24, 2.45) is 5.73 Å². The number of carbonyl (C=O) groups excluding carboxylic acids is 3. The van der Waals surface area contributed by atoms with E-state index >= 15 is 0 Å². The van der Waals surface area contributed by atoms with E-state index in [2.05, 4.69) is 65.8 Å². The molecule has 8 heteroatoms. The van der Waals surface area contributed by atoms with Crippen LogP contribution in [-0.2, 0) is 27.2 Å². The van der Waals surface area contributed by atoms with Gasteiger partial charge < -0.3 is 20.9 Å². The highest BCUT2D eigenvalue weighted by Crippen LogP contribution is 2.19. The molecule has 0 fully saturated rings. The highest BCUT2D eigenvalue weighted by atomic mass is 16.2. The third kappa shape index (κ3) is 13.6. The van der Waals surface area contributed by atoms with E-state index in [1.807, 2.05) is 69.3 Å². The Bertz CT molecular complexity index is 1640. The largest absolute Gasteiger partial charge is 0.354 e. The van der Waals surface area contributed by atoms with Gasteiger partial charge in [0.15, 0.2) is 0 Å². The Morgan fingerprint density at radius 1 is 0.824 bits per heavy atom. The van der Waals surface area contributed by atoms with Crippen LogP contribution in [0.2, 0.25) is 0 Å². The number of pyridine rings is 1. The summed E-state index contributed by atoms with van der Waals surface area (Å²) in [5, 5.41) is 2.97. The normalized spacial score (nSPS) is 11.6. The van der Waals surface area contributed by atoms with Crippen LogP contribution in [0.5, 0.6) is 0 Å². The van der Waals surface area contributed by atoms with Gasteiger partial charge in [-0.2, -0.15) is 0 Å². The third-order valence-electron chi connectivity index (χ3n) is 9.27. The van der Waals surface area contributed by atoms with Gasteiger partial charge in [-0.25, -0.2) is 0 Å². The van der Waals surface area contributed by atoms with Crippen LogP contribution in [0.25, 0.3) is 11.1 Å². The number of carbonyl (C=O) groups is 3. The van der Waals surface area contributed by atoms with E-state index in [4.69, 9.17) is 5.73 Å². The SMILES string of the molecule is CCN(CC(=O)N(C)C(Cc1ccccc1)C(=O)NCCc1ccncc1)C(=O)/C=C/CC(N)(CC)CC.Cc1ccc(-c2ccccc2)cc1. The lowest BCUT2D eigenvalue weighted by molar-refractivity contribution is -0.142. The van der Waals surface area contributed by atoms with Crippen LogP contribution >= 0.6 is 0 Å². The number of amides is 3. The summed E-state index contributed by atoms with van der Waals surface area (Å²) in [7, 11) is 1.62. The lowest BCUT2D eigenvalue weighted by Crippen LogP contribution is -2.52. The quantitative estimate of drug-likeness (QED) is 0.126. The third-order valence-corrected chi connectivity index (χ3v) is 9.27. The number of nitrogens with two attached hydrogens (primary N) is 1. The van der Waals surface area contributed by atoms with Crippen molar-refractivity contribution in [3.63, 3.8) is 0 Å². The Morgan fingerprint density at radius 3 is 2.00 bits per heavy atom. The summed E-state index contributed by atoms with van der Waals surface area (Å²) in [4.78, 5) is 46.3. The van der Waals surface area contributed by atoms with Gasteiger partial charge in [-0.3, -0.25) is 19.4 Å². The number of aryl methyl sites for hydroxylation is 1. The molecule has 1 heterocycles. The Kier molecular flexibility index (Phi) is 16.8. The van der Waals surface area contributed by atoms with Crippen molar-refractivity contribution >= 4 is 17.7 Å². The second kappa shape index (κ2) is 21.2. The monoisotopic (exact) mass is 689 g/mol. The molecular weight excluding hydrogens is 635 g/mol. The number of hydrogen-bond donors (Lipinski definition) is 2. The molecule has 3 aromatic carbocycles. The minimum Gasteiger partial charge on any atom is -0.354 e. The van der Waals surface area contributed by atoms with E-state index in [1.165, 1.54) is 32.6 Å². The molecule has 3 N–H and O–H groups in total. The van der Waals surface area contributed by atoms with E-state index in [9.17, 15) is 14.4 Å². The zero-order chi connectivity index (χ0) is 37.1. The molecule has 51 heavy (non-hydrogen) atoms. The molecule has 1 aromatic heterocycles. The van der Waals surface area contributed by atoms with Crippen molar-refractivity contribution in [2.45, 2.75) is 71.4 Å². The van der Waals surface area contributed by atoms with E-state index in [0.29, 0.717) is 32.4 Å². The van der Waals surface area contributed by atoms with E-state index in [0.717, 1.165) is 24.0 Å². The minimum atomic E-state index is -0.710. The molecule has 0 aliphatic carbocycles. The van der Waals surface area contributed by atoms with Crippen LogP contribution in [0.4, 0.5) is 0 Å². The van der Waals surface area contributed by atoms with Crippen LogP contribution in [0.3, 0.4) is 0 Å². The Labute approximate surface area is 304 Å². The summed E-state index contributed by atoms with van der Waals surface area (Å²) in [5.41, 5.74) is 11.9. The van der Waals surface area contributed by atoms with Gasteiger partial charge in [0.05, 0.1) is 0 Å². The number of benzene rings is 3. The fourth-order valence-corrected chi connectivity index (χ4v) is 5.45. The maximum atomic E-state index is 13.3. The highest BCUT2D eigenvalue weighted by Gasteiger charge is 2.28. The van der Waals surface area contributed by atoms with Crippen molar-refractivity contribution < 1.29 is 14.4 Å². The van der Waals surface area contributed by atoms with Crippen LogP contribution < -0.4 is 11.1 Å². The molecule has 270 valence electrons. The first-order chi connectivity index (χ1) is 24.6. The van der Waals surface area contributed by atoms with Crippen molar-refractivity contribution in [3.8, 4) is 11.1 Å². The smallest absolute Gasteiger partial charge is 0.246 e. The van der Waals surface area contributed by atoms with Gasteiger partial charge in [-0.05, 0) is 80.0 Å². The van der Waals surface area contributed by atoms with Crippen molar-refractivity contribution in [2.75, 3.05) is 26.7 Å². The van der Waals surface area contributed by atoms with Crippen molar-refractivity contribution in [3.05, 3.63) is 138 Å². The molecule has 1 atom stereocenters. The number of nitrogens with zero attached hydrogens (tertiary/aromatic N) is 3. The number of rotatable bonds is 16. The molecule has 0 saturated carbocycles. The molecule has 0 aliphatic heterocycles. The predicted octanol–water partition coefficient (Wildman–Crippen LogP) is 6.78. The first-order valence-electron chi connectivity index (χ1n) is 17.9. The zero-order valence-corrected chi connectivity index (χ0v) is 30.9. The minimum absolute atomic E-state index is 0.110. The molecule has 1 unspecified atom stereocenters. The van der Waals surface area contributed by atoms with Gasteiger partial charge in [0.1, 0.15) is 12.6 Å². The van der Waals surface area contributed by atoms with Gasteiger partial charge in [0, 0.05) is 44.5 Å². The first-order valence-corrected chi connectivity index (χ1v) is 17.9. The molecular formula is C43H55N5O3. The topological polar surface area (TPSA) is 109 Å². The molecule has 0 radical (unpaired) electrons. The number of nitrogens with one attached hydrogen (secondary N) is 1. The molecule has 8 nitrogen and oxygen atoms in total. The van der Waals surface area contributed by atoms with E-state index in [1.54, 1.807) is 25.5 Å². The van der Waals surface area contributed by atoms with Crippen LogP contribution in [0.1, 0.15) is 56.7 Å². The van der Waals surface area contributed by atoms with E-state index < -0.39 is 6.04 Å². The maximum absolute atomic E-state index is 13.3. The highest BCUT2D eigenvalue weighted by molar-refractivity contribution is 5.93. The van der Waals surface area contributed by atoms with Gasteiger partial charge in [-0.15, -0.1) is 0 Å². The Hall–Kier alpha value is -5.08. The lowest BCUT2D eigenvalue weighted by Gasteiger charge is -2.30. The Balaban J connectivity index is 0.000000446. The fourth-order valence-electron chi connectivity index (χ4n) is 5.45. The second-order valence-electron chi connectivity index (χ2n) is 12.9. The predicted molar refractivity (Wildman–Crippen MR) is 208 cm³/mol. The van der Waals surface area contributed by atoms with Crippen molar-refractivity contribution in [1.82, 2.24) is 20.1 Å². The molecule has 0 bridgehead atoms. The zero-order valence-electron chi connectivity index (χ0n) is 30.9. The summed E-state index contributed by atoms with van der Waals surface area (Å²) in [6.07, 6.45) is 9.99. The summed E-state index contributed by atoms with van der Waals surface area (Å²) < 4.78 is 0. The van der Waals surface area contributed by atoms with E-state index in [-0.39, 0.29) is 29.8 Å². The summed E-state index contributed by atoms with van der Waals surface area (Å²) in [5.74, 6) is -0.772. The van der Waals surface area contributed by atoms with Crippen LogP contribution in [0.15, 0.2) is 122 Å². The summed E-state index contributed by atoms with van der Waals surface area (Å²) in [6, 6.07) is 31.7. The standard InChI is InChI=1S/C30H43N5O3.C13H12/c1-5-30(31,6-2)18-11-14-27(36)35(7-3)23-28(37)34(4)26(22-25-12-9-8-10-13-25)29(38)33-21-17-24-15-19-32-20-16-24;1-11-7-9-13(10-8-11)12-5-3-2-4-6-12/h8-16,19-20,26H,5-7,17-18,21-23,31H2,1-4H3,(H,33,38);2-10H,1H3/b14-11+;. The molecule has 4 aromatic rings. The van der Waals surface area contributed by atoms with Crippen LogP contribution in [0, 0.1) is 6.92 Å². The summed E-state index contributed by atoms with van der Waals surface area (Å²) >= 11 is 0. The first kappa shape index (κ1) is 40.4. The fraction of sp³-hybridized carbons (Fsp3) is 0.349. The average molecular weight is 690 g/mol. The second-order valence-corrected chi connectivity index (χ2v) is 12.9. The summed E-state index contributed by atoms with van der Waals surface area (Å²) in [6.45, 7) is 8.71. The molecule has 4 rings (SSSR count). The van der Waals surface area contributed by atoms with Crippen molar-refractivity contribution in [1.29, 1.82) is 0 Å². The number of likely N-dealkylation sites (N-methyl/N-ethyl adjacent to an activating group) is 2.